The van der Waals surface area contributed by atoms with E-state index in [1.54, 1.807) is 12.1 Å². The van der Waals surface area contributed by atoms with E-state index >= 15 is 0 Å². The fraction of sp³-hybridized carbons (Fsp3) is 0.250. The average molecular weight is 219 g/mol. The van der Waals surface area contributed by atoms with Crippen LogP contribution in [0.3, 0.4) is 0 Å². The van der Waals surface area contributed by atoms with Gasteiger partial charge in [0, 0.05) is 4.88 Å². The van der Waals surface area contributed by atoms with Crippen molar-refractivity contribution >= 4 is 34.1 Å². The fourth-order valence-corrected chi connectivity index (χ4v) is 1.97. The Hall–Kier alpha value is -0.870. The Bertz CT molecular complexity index is 332. The molecule has 0 aromatic carbocycles. The Kier molecular flexibility index (Phi) is 3.45. The minimum absolute atomic E-state index is 0.156. The van der Waals surface area contributed by atoms with Crippen molar-refractivity contribution in [1.82, 2.24) is 0 Å². The lowest BCUT2D eigenvalue weighted by molar-refractivity contribution is -0.111. The molecule has 3 nitrogen and oxygen atoms in total. The summed E-state index contributed by atoms with van der Waals surface area (Å²) in [6.07, 6.45) is 0.156. The Morgan fingerprint density at radius 3 is 2.77 bits per heavy atom. The smallest absolute Gasteiger partial charge is 0.348 e. The van der Waals surface area contributed by atoms with Crippen LogP contribution < -0.4 is 0 Å². The lowest BCUT2D eigenvalue weighted by Crippen LogP contribution is -1.96. The van der Waals surface area contributed by atoms with E-state index in [0.29, 0.717) is 4.88 Å². The first-order valence-electron chi connectivity index (χ1n) is 3.49. The molecule has 0 aliphatic carbocycles. The second-order valence-corrected chi connectivity index (χ2v) is 3.88. The third kappa shape index (κ3) is 2.82. The van der Waals surface area contributed by atoms with Crippen molar-refractivity contribution in [2.75, 3.05) is 7.11 Å². The van der Waals surface area contributed by atoms with Gasteiger partial charge in [-0.25, -0.2) is 4.79 Å². The summed E-state index contributed by atoms with van der Waals surface area (Å²) in [6, 6.07) is 3.31. The predicted molar refractivity (Wildman–Crippen MR) is 50.2 cm³/mol. The van der Waals surface area contributed by atoms with E-state index in [2.05, 4.69) is 4.74 Å². The zero-order valence-corrected chi connectivity index (χ0v) is 8.45. The van der Waals surface area contributed by atoms with Crippen LogP contribution in [0.1, 0.15) is 14.5 Å². The molecule has 0 aliphatic rings. The van der Waals surface area contributed by atoms with Crippen LogP contribution in [0.2, 0.25) is 0 Å². The molecule has 0 aliphatic heterocycles. The molecule has 0 unspecified atom stereocenters. The molecule has 0 fully saturated rings. The molecule has 1 aromatic heterocycles. The monoisotopic (exact) mass is 218 g/mol. The number of hydrogen-bond donors (Lipinski definition) is 0. The molecular formula is C8H7ClO3S. The van der Waals surface area contributed by atoms with Gasteiger partial charge >= 0.3 is 5.97 Å². The third-order valence-electron chi connectivity index (χ3n) is 1.36. The van der Waals surface area contributed by atoms with Crippen molar-refractivity contribution in [3.8, 4) is 0 Å². The van der Waals surface area contributed by atoms with Crippen LogP contribution in [-0.2, 0) is 16.0 Å². The zero-order valence-electron chi connectivity index (χ0n) is 6.87. The molecule has 0 radical (unpaired) electrons. The van der Waals surface area contributed by atoms with Gasteiger partial charge < -0.3 is 4.74 Å². The number of methoxy groups -OCH3 is 1. The van der Waals surface area contributed by atoms with Gasteiger partial charge in [-0.15, -0.1) is 11.3 Å². The topological polar surface area (TPSA) is 43.4 Å². The van der Waals surface area contributed by atoms with Gasteiger partial charge in [0.2, 0.25) is 5.24 Å². The maximum Gasteiger partial charge on any atom is 0.348 e. The van der Waals surface area contributed by atoms with E-state index in [-0.39, 0.29) is 6.42 Å². The maximum atomic E-state index is 11.0. The van der Waals surface area contributed by atoms with E-state index in [1.807, 2.05) is 0 Å². The normalized spacial score (nSPS) is 9.69. The molecular weight excluding hydrogens is 212 g/mol. The van der Waals surface area contributed by atoms with Crippen LogP contribution in [0.25, 0.3) is 0 Å². The van der Waals surface area contributed by atoms with Crippen molar-refractivity contribution in [3.63, 3.8) is 0 Å². The lowest BCUT2D eigenvalue weighted by atomic mass is 10.3. The molecule has 1 heterocycles. The Labute approximate surface area is 84.3 Å². The van der Waals surface area contributed by atoms with Crippen LogP contribution in [0, 0.1) is 0 Å². The van der Waals surface area contributed by atoms with E-state index < -0.39 is 11.2 Å². The van der Waals surface area contributed by atoms with Gasteiger partial charge in [0.15, 0.2) is 0 Å². The standard InChI is InChI=1S/C8H7ClO3S/c1-12-8(11)6-3-2-5(13-6)4-7(9)10/h2-3H,4H2,1H3. The van der Waals surface area contributed by atoms with Gasteiger partial charge in [-0.1, -0.05) is 0 Å². The van der Waals surface area contributed by atoms with E-state index in [0.717, 1.165) is 4.88 Å². The molecule has 5 heteroatoms. The Morgan fingerprint density at radius 1 is 1.54 bits per heavy atom. The van der Waals surface area contributed by atoms with E-state index in [9.17, 15) is 9.59 Å². The second-order valence-electron chi connectivity index (χ2n) is 2.29. The first-order chi connectivity index (χ1) is 6.13. The SMILES string of the molecule is COC(=O)c1ccc(CC(=O)Cl)s1. The van der Waals surface area contributed by atoms with Gasteiger partial charge in [-0.05, 0) is 23.7 Å². The number of carbonyl (C=O) groups excluding carboxylic acids is 2. The average Bonchev–Trinajstić information content (AvgIpc) is 2.50. The van der Waals surface area contributed by atoms with Gasteiger partial charge in [0.05, 0.1) is 13.5 Å². The molecule has 0 amide bonds. The molecule has 70 valence electrons. The molecule has 0 saturated carbocycles. The van der Waals surface area contributed by atoms with Crippen LogP contribution in [-0.4, -0.2) is 18.3 Å². The number of ether oxygens (including phenoxy) is 1. The van der Waals surface area contributed by atoms with Crippen molar-refractivity contribution < 1.29 is 14.3 Å². The largest absolute Gasteiger partial charge is 0.465 e. The van der Waals surface area contributed by atoms with E-state index in [4.69, 9.17) is 11.6 Å². The van der Waals surface area contributed by atoms with Gasteiger partial charge in [-0.2, -0.15) is 0 Å². The summed E-state index contributed by atoms with van der Waals surface area (Å²) >= 11 is 6.40. The molecule has 1 rings (SSSR count). The summed E-state index contributed by atoms with van der Waals surface area (Å²) in [5.41, 5.74) is 0. The molecule has 0 saturated heterocycles. The van der Waals surface area contributed by atoms with Crippen LogP contribution in [0.5, 0.6) is 0 Å². The Balaban J connectivity index is 2.74. The summed E-state index contributed by atoms with van der Waals surface area (Å²) in [5.74, 6) is -0.390. The summed E-state index contributed by atoms with van der Waals surface area (Å²) in [5, 5.41) is -0.432. The van der Waals surface area contributed by atoms with Crippen LogP contribution >= 0.6 is 22.9 Å². The number of thiophene rings is 1. The molecule has 13 heavy (non-hydrogen) atoms. The number of halogens is 1. The summed E-state index contributed by atoms with van der Waals surface area (Å²) < 4.78 is 4.51. The molecule has 0 spiro atoms. The lowest BCUT2D eigenvalue weighted by Gasteiger charge is -1.91. The summed E-state index contributed by atoms with van der Waals surface area (Å²) in [6.45, 7) is 0. The quantitative estimate of drug-likeness (QED) is 0.575. The third-order valence-corrected chi connectivity index (χ3v) is 2.56. The van der Waals surface area contributed by atoms with Gasteiger partial charge in [-0.3, -0.25) is 4.79 Å². The van der Waals surface area contributed by atoms with Gasteiger partial charge in [0.25, 0.3) is 0 Å². The fourth-order valence-electron chi connectivity index (χ4n) is 0.820. The first-order valence-corrected chi connectivity index (χ1v) is 4.68. The Morgan fingerprint density at radius 2 is 2.23 bits per heavy atom. The van der Waals surface area contributed by atoms with Crippen LogP contribution in [0.4, 0.5) is 0 Å². The highest BCUT2D eigenvalue weighted by Gasteiger charge is 2.10. The van der Waals surface area contributed by atoms with Crippen molar-refractivity contribution in [2.45, 2.75) is 6.42 Å². The number of hydrogen-bond acceptors (Lipinski definition) is 4. The number of carbonyl (C=O) groups is 2. The molecule has 1 aromatic rings. The van der Waals surface area contributed by atoms with E-state index in [1.165, 1.54) is 18.4 Å². The van der Waals surface area contributed by atoms with Crippen molar-refractivity contribution in [3.05, 3.63) is 21.9 Å². The minimum atomic E-state index is -0.432. The van der Waals surface area contributed by atoms with Crippen molar-refractivity contribution in [2.24, 2.45) is 0 Å². The van der Waals surface area contributed by atoms with Gasteiger partial charge in [0.1, 0.15) is 4.88 Å². The highest BCUT2D eigenvalue weighted by molar-refractivity contribution is 7.14. The summed E-state index contributed by atoms with van der Waals surface area (Å²) in [4.78, 5) is 22.7. The zero-order chi connectivity index (χ0) is 9.84. The predicted octanol–water partition coefficient (Wildman–Crippen LogP) is 1.84. The van der Waals surface area contributed by atoms with Crippen molar-refractivity contribution in [1.29, 1.82) is 0 Å². The number of esters is 1. The number of rotatable bonds is 3. The van der Waals surface area contributed by atoms with Crippen LogP contribution in [0.15, 0.2) is 12.1 Å². The molecule has 0 atom stereocenters. The highest BCUT2D eigenvalue weighted by Crippen LogP contribution is 2.18. The molecule has 0 bridgehead atoms. The molecule has 0 N–H and O–H groups in total. The first kappa shape index (κ1) is 10.2. The maximum absolute atomic E-state index is 11.0. The summed E-state index contributed by atoms with van der Waals surface area (Å²) in [7, 11) is 1.31. The second kappa shape index (κ2) is 4.39. The minimum Gasteiger partial charge on any atom is -0.465 e. The highest BCUT2D eigenvalue weighted by atomic mass is 35.5.